The molecule has 6 nitrogen and oxygen atoms in total. The Morgan fingerprint density at radius 3 is 2.72 bits per heavy atom. The van der Waals surface area contributed by atoms with Gasteiger partial charge < -0.3 is 10.1 Å². The molecule has 0 atom stereocenters. The Kier molecular flexibility index (Phi) is 6.22. The van der Waals surface area contributed by atoms with Gasteiger partial charge in [0.2, 0.25) is 5.13 Å². The van der Waals surface area contributed by atoms with E-state index in [1.54, 1.807) is 7.11 Å². The van der Waals surface area contributed by atoms with E-state index in [1.165, 1.54) is 37.0 Å². The zero-order valence-corrected chi connectivity index (χ0v) is 15.3. The third kappa shape index (κ3) is 5.42. The van der Waals surface area contributed by atoms with Crippen molar-refractivity contribution in [1.82, 2.24) is 15.5 Å². The van der Waals surface area contributed by atoms with E-state index in [-0.39, 0.29) is 6.03 Å². The van der Waals surface area contributed by atoms with Gasteiger partial charge in [-0.1, -0.05) is 49.2 Å². The maximum Gasteiger partial charge on any atom is 0.321 e. The highest BCUT2D eigenvalue weighted by atomic mass is 32.1. The summed E-state index contributed by atoms with van der Waals surface area (Å²) in [5.74, 6) is 1.57. The predicted molar refractivity (Wildman–Crippen MR) is 99.3 cm³/mol. The fourth-order valence-corrected chi connectivity index (χ4v) is 3.95. The van der Waals surface area contributed by atoms with Crippen molar-refractivity contribution in [3.8, 4) is 5.75 Å². The Morgan fingerprint density at radius 1 is 1.24 bits per heavy atom. The Hall–Kier alpha value is -2.15. The molecule has 134 valence electrons. The summed E-state index contributed by atoms with van der Waals surface area (Å²) in [4.78, 5) is 12.0. The minimum absolute atomic E-state index is 0.239. The molecule has 1 aliphatic carbocycles. The van der Waals surface area contributed by atoms with Gasteiger partial charge in [-0.15, -0.1) is 10.2 Å². The van der Waals surface area contributed by atoms with Gasteiger partial charge in [0.05, 0.1) is 7.11 Å². The van der Waals surface area contributed by atoms with E-state index >= 15 is 0 Å². The number of amides is 2. The highest BCUT2D eigenvalue weighted by Gasteiger charge is 2.18. The number of nitrogens with zero attached hydrogens (tertiary/aromatic N) is 2. The molecule has 1 fully saturated rings. The third-order valence-electron chi connectivity index (χ3n) is 4.48. The number of carbonyl (C=O) groups is 1. The van der Waals surface area contributed by atoms with Crippen molar-refractivity contribution in [2.45, 2.75) is 38.5 Å². The van der Waals surface area contributed by atoms with Gasteiger partial charge in [-0.3, -0.25) is 5.32 Å². The van der Waals surface area contributed by atoms with Gasteiger partial charge in [0.25, 0.3) is 0 Å². The number of methoxy groups -OCH3 is 1. The Bertz CT molecular complexity index is 681. The predicted octanol–water partition coefficient (Wildman–Crippen LogP) is 3.64. The number of aromatic nitrogens is 2. The molecule has 2 amide bonds. The monoisotopic (exact) mass is 360 g/mol. The van der Waals surface area contributed by atoms with Crippen LogP contribution in [-0.4, -0.2) is 29.9 Å². The molecule has 0 bridgehead atoms. The third-order valence-corrected chi connectivity index (χ3v) is 5.34. The van der Waals surface area contributed by atoms with Crippen molar-refractivity contribution in [3.63, 3.8) is 0 Å². The summed E-state index contributed by atoms with van der Waals surface area (Å²) in [5, 5.41) is 15.5. The average Bonchev–Trinajstić information content (AvgIpc) is 3.28. The van der Waals surface area contributed by atoms with Crippen LogP contribution in [0.15, 0.2) is 24.3 Å². The fraction of sp³-hybridized carbons (Fsp3) is 0.500. The molecule has 0 radical (unpaired) electrons. The first kappa shape index (κ1) is 17.7. The van der Waals surface area contributed by atoms with Gasteiger partial charge in [-0.25, -0.2) is 4.79 Å². The molecule has 0 saturated heterocycles. The van der Waals surface area contributed by atoms with Crippen LogP contribution in [-0.2, 0) is 12.8 Å². The van der Waals surface area contributed by atoms with Crippen molar-refractivity contribution < 1.29 is 9.53 Å². The molecule has 1 saturated carbocycles. The van der Waals surface area contributed by atoms with Gasteiger partial charge in [-0.05, 0) is 30.0 Å². The van der Waals surface area contributed by atoms with Crippen molar-refractivity contribution >= 4 is 22.5 Å². The number of anilines is 1. The van der Waals surface area contributed by atoms with Crippen molar-refractivity contribution in [1.29, 1.82) is 0 Å². The van der Waals surface area contributed by atoms with E-state index in [0.717, 1.165) is 35.1 Å². The zero-order valence-electron chi connectivity index (χ0n) is 14.5. The van der Waals surface area contributed by atoms with Crippen LogP contribution in [0.5, 0.6) is 5.75 Å². The Labute approximate surface area is 152 Å². The summed E-state index contributed by atoms with van der Waals surface area (Å²) in [5.41, 5.74) is 1.15. The highest BCUT2D eigenvalue weighted by molar-refractivity contribution is 7.15. The van der Waals surface area contributed by atoms with Crippen LogP contribution in [0, 0.1) is 5.92 Å². The van der Waals surface area contributed by atoms with E-state index in [0.29, 0.717) is 11.7 Å². The minimum Gasteiger partial charge on any atom is -0.497 e. The quantitative estimate of drug-likeness (QED) is 0.790. The first-order chi connectivity index (χ1) is 12.2. The van der Waals surface area contributed by atoms with E-state index in [1.807, 2.05) is 24.3 Å². The number of carbonyl (C=O) groups excluding carboxylic acids is 1. The average molecular weight is 360 g/mol. The molecule has 1 aliphatic rings. The topological polar surface area (TPSA) is 76.1 Å². The smallest absolute Gasteiger partial charge is 0.321 e. The summed E-state index contributed by atoms with van der Waals surface area (Å²) in [6.07, 6.45) is 6.97. The molecule has 3 rings (SSSR count). The van der Waals surface area contributed by atoms with E-state index in [4.69, 9.17) is 4.74 Å². The van der Waals surface area contributed by atoms with E-state index in [9.17, 15) is 4.79 Å². The number of ether oxygens (including phenoxy) is 1. The molecular formula is C18H24N4O2S. The van der Waals surface area contributed by atoms with Crippen LogP contribution >= 0.6 is 11.3 Å². The van der Waals surface area contributed by atoms with Crippen LogP contribution < -0.4 is 15.4 Å². The normalized spacial score (nSPS) is 14.4. The van der Waals surface area contributed by atoms with Gasteiger partial charge in [-0.2, -0.15) is 0 Å². The molecule has 7 heteroatoms. The van der Waals surface area contributed by atoms with Gasteiger partial charge >= 0.3 is 6.03 Å². The fourth-order valence-electron chi connectivity index (χ4n) is 3.10. The second-order valence-corrected chi connectivity index (χ2v) is 7.40. The summed E-state index contributed by atoms with van der Waals surface area (Å²) in [7, 11) is 1.65. The highest BCUT2D eigenvalue weighted by Crippen LogP contribution is 2.29. The van der Waals surface area contributed by atoms with Crippen molar-refractivity contribution in [2.75, 3.05) is 19.0 Å². The number of benzene rings is 1. The molecule has 1 aromatic carbocycles. The van der Waals surface area contributed by atoms with Gasteiger partial charge in [0, 0.05) is 13.0 Å². The van der Waals surface area contributed by atoms with Crippen LogP contribution in [0.4, 0.5) is 9.93 Å². The second kappa shape index (κ2) is 8.80. The maximum absolute atomic E-state index is 12.0. The standard InChI is InChI=1S/C18H24N4O2S/c1-24-15-8-6-13(7-9-15)10-11-19-17(23)20-18-22-21-16(25-18)12-14-4-2-3-5-14/h6-9,14H,2-5,10-12H2,1H3,(H2,19,20,22,23). The lowest BCUT2D eigenvalue weighted by Crippen LogP contribution is -2.30. The molecule has 1 heterocycles. The largest absolute Gasteiger partial charge is 0.497 e. The molecule has 2 aromatic rings. The van der Waals surface area contributed by atoms with Gasteiger partial charge in [0.15, 0.2) is 0 Å². The summed E-state index contributed by atoms with van der Waals surface area (Å²) in [6.45, 7) is 0.561. The van der Waals surface area contributed by atoms with Crippen LogP contribution in [0.1, 0.15) is 36.3 Å². The van der Waals surface area contributed by atoms with Crippen LogP contribution in [0.3, 0.4) is 0 Å². The van der Waals surface area contributed by atoms with Crippen molar-refractivity contribution in [2.24, 2.45) is 5.92 Å². The molecular weight excluding hydrogens is 336 g/mol. The van der Waals surface area contributed by atoms with Crippen molar-refractivity contribution in [3.05, 3.63) is 34.8 Å². The van der Waals surface area contributed by atoms with Crippen LogP contribution in [0.25, 0.3) is 0 Å². The molecule has 0 spiro atoms. The number of urea groups is 1. The van der Waals surface area contributed by atoms with Gasteiger partial charge in [0.1, 0.15) is 10.8 Å². The summed E-state index contributed by atoms with van der Waals surface area (Å²) >= 11 is 1.47. The summed E-state index contributed by atoms with van der Waals surface area (Å²) in [6, 6.07) is 7.60. The first-order valence-corrected chi connectivity index (χ1v) is 9.55. The molecule has 2 N–H and O–H groups in total. The van der Waals surface area contributed by atoms with E-state index < -0.39 is 0 Å². The maximum atomic E-state index is 12.0. The minimum atomic E-state index is -0.239. The molecule has 0 unspecified atom stereocenters. The lowest BCUT2D eigenvalue weighted by Gasteiger charge is -2.06. The number of hydrogen-bond donors (Lipinski definition) is 2. The molecule has 1 aromatic heterocycles. The molecule has 25 heavy (non-hydrogen) atoms. The number of rotatable bonds is 7. The zero-order chi connectivity index (χ0) is 17.5. The number of hydrogen-bond acceptors (Lipinski definition) is 5. The lowest BCUT2D eigenvalue weighted by atomic mass is 10.1. The Morgan fingerprint density at radius 2 is 2.00 bits per heavy atom. The summed E-state index contributed by atoms with van der Waals surface area (Å²) < 4.78 is 5.13. The number of nitrogens with one attached hydrogen (secondary N) is 2. The second-order valence-electron chi connectivity index (χ2n) is 6.33. The SMILES string of the molecule is COc1ccc(CCNC(=O)Nc2nnc(CC3CCCC3)s2)cc1. The first-order valence-electron chi connectivity index (χ1n) is 8.73. The van der Waals surface area contributed by atoms with Crippen LogP contribution in [0.2, 0.25) is 0 Å². The van der Waals surface area contributed by atoms with E-state index in [2.05, 4.69) is 20.8 Å². The molecule has 0 aliphatic heterocycles. The Balaban J connectivity index is 1.39. The lowest BCUT2D eigenvalue weighted by molar-refractivity contribution is 0.252.